The van der Waals surface area contributed by atoms with E-state index in [1.54, 1.807) is 0 Å². The minimum Gasteiger partial charge on any atom is -0.382 e. The molecule has 0 N–H and O–H groups in total. The summed E-state index contributed by atoms with van der Waals surface area (Å²) >= 11 is 0. The highest BCUT2D eigenvalue weighted by molar-refractivity contribution is 4.56. The van der Waals surface area contributed by atoms with Gasteiger partial charge in [-0.15, -0.1) is 0 Å². The molecule has 0 bridgehead atoms. The van der Waals surface area contributed by atoms with E-state index in [9.17, 15) is 0 Å². The average Bonchev–Trinajstić information content (AvgIpc) is 2.10. The van der Waals surface area contributed by atoms with Crippen LogP contribution in [0.1, 0.15) is 52.9 Å². The Morgan fingerprint density at radius 1 is 1.08 bits per heavy atom. The SMILES string of the molecule is CCCC(CC)CCCOCC. The van der Waals surface area contributed by atoms with E-state index in [0.29, 0.717) is 0 Å². The Kier molecular flexibility index (Phi) is 9.02. The standard InChI is InChI=1S/C11H24O/c1-4-8-11(5-2)9-7-10-12-6-3/h11H,4-10H2,1-3H3. The third-order valence-corrected chi connectivity index (χ3v) is 2.38. The lowest BCUT2D eigenvalue weighted by atomic mass is 9.96. The molecule has 1 heteroatoms. The van der Waals surface area contributed by atoms with Crippen LogP contribution in [0.4, 0.5) is 0 Å². The zero-order chi connectivity index (χ0) is 9.23. The van der Waals surface area contributed by atoms with Crippen molar-refractivity contribution in [1.29, 1.82) is 0 Å². The van der Waals surface area contributed by atoms with E-state index in [0.717, 1.165) is 19.1 Å². The third kappa shape index (κ3) is 6.66. The van der Waals surface area contributed by atoms with Crippen molar-refractivity contribution in [1.82, 2.24) is 0 Å². The Bertz CT molecular complexity index is 81.1. The molecule has 1 nitrogen and oxygen atoms in total. The Balaban J connectivity index is 3.19. The maximum atomic E-state index is 5.31. The van der Waals surface area contributed by atoms with Crippen LogP contribution in [-0.4, -0.2) is 13.2 Å². The van der Waals surface area contributed by atoms with Crippen LogP contribution in [-0.2, 0) is 4.74 Å². The molecule has 0 aromatic carbocycles. The summed E-state index contributed by atoms with van der Waals surface area (Å²) < 4.78 is 5.31. The fraction of sp³-hybridized carbons (Fsp3) is 1.00. The maximum Gasteiger partial charge on any atom is 0.0465 e. The summed E-state index contributed by atoms with van der Waals surface area (Å²) in [6, 6.07) is 0. The van der Waals surface area contributed by atoms with E-state index in [2.05, 4.69) is 20.8 Å². The smallest absolute Gasteiger partial charge is 0.0465 e. The summed E-state index contributed by atoms with van der Waals surface area (Å²) in [5, 5.41) is 0. The Labute approximate surface area is 77.5 Å². The van der Waals surface area contributed by atoms with Gasteiger partial charge in [0.15, 0.2) is 0 Å². The Hall–Kier alpha value is -0.0400. The summed E-state index contributed by atoms with van der Waals surface area (Å²) in [5.74, 6) is 0.940. The topological polar surface area (TPSA) is 9.23 Å². The Morgan fingerprint density at radius 3 is 2.33 bits per heavy atom. The van der Waals surface area contributed by atoms with Gasteiger partial charge in [-0.3, -0.25) is 0 Å². The molecule has 0 radical (unpaired) electrons. The molecule has 0 saturated carbocycles. The van der Waals surface area contributed by atoms with Crippen LogP contribution in [0.15, 0.2) is 0 Å². The van der Waals surface area contributed by atoms with E-state index >= 15 is 0 Å². The zero-order valence-electron chi connectivity index (χ0n) is 8.94. The molecule has 0 aromatic rings. The summed E-state index contributed by atoms with van der Waals surface area (Å²) in [6.45, 7) is 8.44. The normalized spacial score (nSPS) is 13.2. The Morgan fingerprint density at radius 2 is 1.83 bits per heavy atom. The van der Waals surface area contributed by atoms with Gasteiger partial charge in [0, 0.05) is 13.2 Å². The average molecular weight is 172 g/mol. The minimum atomic E-state index is 0.866. The van der Waals surface area contributed by atoms with E-state index in [4.69, 9.17) is 4.74 Å². The van der Waals surface area contributed by atoms with E-state index in [-0.39, 0.29) is 0 Å². The molecule has 0 rings (SSSR count). The molecular formula is C11H24O. The van der Waals surface area contributed by atoms with Gasteiger partial charge < -0.3 is 4.74 Å². The maximum absolute atomic E-state index is 5.31. The molecule has 0 aliphatic rings. The van der Waals surface area contributed by atoms with Gasteiger partial charge in [-0.05, 0) is 25.7 Å². The lowest BCUT2D eigenvalue weighted by Crippen LogP contribution is -2.01. The van der Waals surface area contributed by atoms with Gasteiger partial charge in [-0.2, -0.15) is 0 Å². The van der Waals surface area contributed by atoms with Crippen LogP contribution in [0.2, 0.25) is 0 Å². The van der Waals surface area contributed by atoms with Crippen LogP contribution in [0.3, 0.4) is 0 Å². The zero-order valence-corrected chi connectivity index (χ0v) is 8.94. The molecule has 74 valence electrons. The predicted octanol–water partition coefficient (Wildman–Crippen LogP) is 3.63. The molecular weight excluding hydrogens is 148 g/mol. The lowest BCUT2D eigenvalue weighted by Gasteiger charge is -2.12. The van der Waals surface area contributed by atoms with Gasteiger partial charge in [-0.25, -0.2) is 0 Å². The van der Waals surface area contributed by atoms with Crippen LogP contribution in [0.25, 0.3) is 0 Å². The molecule has 0 aliphatic carbocycles. The number of hydrogen-bond donors (Lipinski definition) is 0. The van der Waals surface area contributed by atoms with Crippen molar-refractivity contribution in [3.63, 3.8) is 0 Å². The summed E-state index contributed by atoms with van der Waals surface area (Å²) in [5.41, 5.74) is 0. The molecule has 0 fully saturated rings. The molecule has 0 saturated heterocycles. The first kappa shape index (κ1) is 12.0. The van der Waals surface area contributed by atoms with Crippen LogP contribution in [0.5, 0.6) is 0 Å². The molecule has 0 spiro atoms. The van der Waals surface area contributed by atoms with Crippen molar-refractivity contribution >= 4 is 0 Å². The first-order valence-electron chi connectivity index (χ1n) is 5.42. The second-order valence-corrected chi connectivity index (χ2v) is 3.40. The van der Waals surface area contributed by atoms with Gasteiger partial charge in [0.1, 0.15) is 0 Å². The molecule has 0 heterocycles. The van der Waals surface area contributed by atoms with Crippen LogP contribution < -0.4 is 0 Å². The third-order valence-electron chi connectivity index (χ3n) is 2.38. The fourth-order valence-electron chi connectivity index (χ4n) is 1.58. The molecule has 0 aliphatic heterocycles. The minimum absolute atomic E-state index is 0.866. The van der Waals surface area contributed by atoms with Crippen molar-refractivity contribution in [2.45, 2.75) is 52.9 Å². The number of rotatable bonds is 8. The molecule has 0 amide bonds. The second-order valence-electron chi connectivity index (χ2n) is 3.40. The highest BCUT2D eigenvalue weighted by Gasteiger charge is 2.03. The van der Waals surface area contributed by atoms with Crippen LogP contribution in [0, 0.1) is 5.92 Å². The fourth-order valence-corrected chi connectivity index (χ4v) is 1.58. The number of ether oxygens (including phenoxy) is 1. The highest BCUT2D eigenvalue weighted by atomic mass is 16.5. The first-order valence-corrected chi connectivity index (χ1v) is 5.42. The van der Waals surface area contributed by atoms with Crippen molar-refractivity contribution in [3.05, 3.63) is 0 Å². The van der Waals surface area contributed by atoms with E-state index in [1.165, 1.54) is 32.1 Å². The van der Waals surface area contributed by atoms with Crippen molar-refractivity contribution < 1.29 is 4.74 Å². The van der Waals surface area contributed by atoms with Crippen molar-refractivity contribution in [3.8, 4) is 0 Å². The van der Waals surface area contributed by atoms with Crippen molar-refractivity contribution in [2.75, 3.05) is 13.2 Å². The van der Waals surface area contributed by atoms with Gasteiger partial charge in [0.2, 0.25) is 0 Å². The van der Waals surface area contributed by atoms with E-state index < -0.39 is 0 Å². The van der Waals surface area contributed by atoms with Gasteiger partial charge >= 0.3 is 0 Å². The van der Waals surface area contributed by atoms with Crippen LogP contribution >= 0.6 is 0 Å². The number of hydrogen-bond acceptors (Lipinski definition) is 1. The summed E-state index contributed by atoms with van der Waals surface area (Å²) in [4.78, 5) is 0. The first-order chi connectivity index (χ1) is 5.85. The monoisotopic (exact) mass is 172 g/mol. The predicted molar refractivity (Wildman–Crippen MR) is 54.4 cm³/mol. The quantitative estimate of drug-likeness (QED) is 0.508. The molecule has 1 atom stereocenters. The highest BCUT2D eigenvalue weighted by Crippen LogP contribution is 2.16. The largest absolute Gasteiger partial charge is 0.382 e. The lowest BCUT2D eigenvalue weighted by molar-refractivity contribution is 0.138. The molecule has 12 heavy (non-hydrogen) atoms. The van der Waals surface area contributed by atoms with E-state index in [1.807, 2.05) is 0 Å². The van der Waals surface area contributed by atoms with Gasteiger partial charge in [-0.1, -0.05) is 33.1 Å². The van der Waals surface area contributed by atoms with Gasteiger partial charge in [0.25, 0.3) is 0 Å². The van der Waals surface area contributed by atoms with Gasteiger partial charge in [0.05, 0.1) is 0 Å². The summed E-state index contributed by atoms with van der Waals surface area (Å²) in [6.07, 6.45) is 6.65. The van der Waals surface area contributed by atoms with Crippen molar-refractivity contribution in [2.24, 2.45) is 5.92 Å². The second kappa shape index (κ2) is 9.05. The molecule has 1 unspecified atom stereocenters. The summed E-state index contributed by atoms with van der Waals surface area (Å²) in [7, 11) is 0. The molecule has 0 aromatic heterocycles.